The minimum Gasteiger partial charge on any atom is -0.444 e. The van der Waals surface area contributed by atoms with Gasteiger partial charge in [-0.25, -0.2) is 22.0 Å². The van der Waals surface area contributed by atoms with Crippen molar-refractivity contribution >= 4 is 33.3 Å². The van der Waals surface area contributed by atoms with Gasteiger partial charge >= 0.3 is 12.3 Å². The topological polar surface area (TPSA) is 110 Å². The molecule has 0 saturated carbocycles. The Labute approximate surface area is 233 Å². The number of ether oxygens (including phenoxy) is 1. The van der Waals surface area contributed by atoms with Gasteiger partial charge in [0.25, 0.3) is 5.91 Å². The summed E-state index contributed by atoms with van der Waals surface area (Å²) in [7, 11) is -4.45. The average molecular weight is 605 g/mol. The number of Topliss-reactive ketones (excluding diaryl/α,β-unsaturated/α-hetero) is 1. The van der Waals surface area contributed by atoms with Crippen molar-refractivity contribution in [3.8, 4) is 0 Å². The number of unbranched alkanes of at least 4 members (excludes halogenated alkanes) is 1. The summed E-state index contributed by atoms with van der Waals surface area (Å²) in [5.41, 5.74) is -1.62. The zero-order valence-electron chi connectivity index (χ0n) is 22.5. The van der Waals surface area contributed by atoms with E-state index in [1.54, 1.807) is 20.8 Å². The molecule has 1 heterocycles. The lowest BCUT2D eigenvalue weighted by molar-refractivity contribution is -0.135. The molecule has 3 rings (SSSR count). The first-order valence-electron chi connectivity index (χ1n) is 12.6. The van der Waals surface area contributed by atoms with Gasteiger partial charge in [-0.05, 0) is 63.4 Å². The number of hydrogen-bond donors (Lipinski definition) is 1. The summed E-state index contributed by atoms with van der Waals surface area (Å²) >= 11 is 0. The van der Waals surface area contributed by atoms with Gasteiger partial charge in [-0.1, -0.05) is 12.1 Å². The molecule has 0 aromatic heterocycles. The minimum absolute atomic E-state index is 0.201. The molecule has 0 radical (unpaired) electrons. The van der Waals surface area contributed by atoms with Crippen molar-refractivity contribution in [3.63, 3.8) is 0 Å². The summed E-state index contributed by atoms with van der Waals surface area (Å²) in [4.78, 5) is 39.2. The minimum atomic E-state index is -4.45. The van der Waals surface area contributed by atoms with Crippen LogP contribution in [0.5, 0.6) is 0 Å². The van der Waals surface area contributed by atoms with E-state index in [9.17, 15) is 40.4 Å². The molecule has 2 amide bonds. The molecule has 41 heavy (non-hydrogen) atoms. The van der Waals surface area contributed by atoms with E-state index in [2.05, 4.69) is 5.32 Å². The van der Waals surface area contributed by atoms with Crippen LogP contribution in [0.25, 0.3) is 0 Å². The monoisotopic (exact) mass is 604 g/mol. The lowest BCUT2D eigenvalue weighted by Gasteiger charge is -2.27. The van der Waals surface area contributed by atoms with Crippen LogP contribution >= 0.6 is 0 Å². The molecule has 1 aliphatic rings. The molecule has 1 aliphatic heterocycles. The number of alkyl halides is 3. The highest BCUT2D eigenvalue weighted by Gasteiger charge is 2.40. The molecule has 8 nitrogen and oxygen atoms in total. The van der Waals surface area contributed by atoms with Crippen LogP contribution in [0.1, 0.15) is 62.4 Å². The van der Waals surface area contributed by atoms with E-state index in [0.717, 1.165) is 23.1 Å². The summed E-state index contributed by atoms with van der Waals surface area (Å²) in [5.74, 6) is -4.59. The first-order chi connectivity index (χ1) is 18.9. The molecule has 1 N–H and O–H groups in total. The molecule has 0 fully saturated rings. The van der Waals surface area contributed by atoms with Gasteiger partial charge in [0.2, 0.25) is 0 Å². The first kappa shape index (κ1) is 32.0. The fourth-order valence-corrected chi connectivity index (χ4v) is 5.75. The highest BCUT2D eigenvalue weighted by molar-refractivity contribution is 7.91. The number of halogens is 5. The largest absolute Gasteiger partial charge is 0.444 e. The van der Waals surface area contributed by atoms with Gasteiger partial charge in [-0.2, -0.15) is 13.2 Å². The fourth-order valence-electron chi connectivity index (χ4n) is 4.14. The van der Waals surface area contributed by atoms with Gasteiger partial charge in [-0.15, -0.1) is 0 Å². The van der Waals surface area contributed by atoms with Crippen LogP contribution in [0, 0.1) is 11.6 Å². The van der Waals surface area contributed by atoms with Gasteiger partial charge < -0.3 is 15.0 Å². The maximum Gasteiger partial charge on any atom is 0.408 e. The fraction of sp³-hybridized carbons (Fsp3) is 0.444. The Morgan fingerprint density at radius 2 is 1.68 bits per heavy atom. The third kappa shape index (κ3) is 8.72. The van der Waals surface area contributed by atoms with Crippen molar-refractivity contribution in [1.29, 1.82) is 0 Å². The predicted octanol–water partition coefficient (Wildman–Crippen LogP) is 5.48. The number of fused-ring (bicyclic) bond motifs is 1. The summed E-state index contributed by atoms with van der Waals surface area (Å²) in [5, 5.41) is 2.23. The number of rotatable bonds is 8. The molecule has 0 unspecified atom stereocenters. The normalized spacial score (nSPS) is 17.0. The first-order valence-corrected chi connectivity index (χ1v) is 14.2. The number of carbonyl (C=O) groups excluding carboxylic acids is 3. The lowest BCUT2D eigenvalue weighted by Crippen LogP contribution is -2.51. The van der Waals surface area contributed by atoms with Crippen LogP contribution in [0.2, 0.25) is 0 Å². The summed E-state index contributed by atoms with van der Waals surface area (Å²) in [6.07, 6.45) is -7.65. The Bertz CT molecular complexity index is 1420. The van der Waals surface area contributed by atoms with Gasteiger partial charge in [0.1, 0.15) is 23.3 Å². The van der Waals surface area contributed by atoms with Crippen LogP contribution in [0.3, 0.4) is 0 Å². The Morgan fingerprint density at radius 3 is 2.27 bits per heavy atom. The Balaban J connectivity index is 2.04. The number of amides is 2. The van der Waals surface area contributed by atoms with E-state index in [4.69, 9.17) is 4.74 Å². The van der Waals surface area contributed by atoms with E-state index in [0.29, 0.717) is 11.6 Å². The zero-order valence-corrected chi connectivity index (χ0v) is 23.3. The number of nitrogens with one attached hydrogen (secondary N) is 1. The quantitative estimate of drug-likeness (QED) is 0.243. The van der Waals surface area contributed by atoms with Crippen molar-refractivity contribution in [2.24, 2.45) is 0 Å². The summed E-state index contributed by atoms with van der Waals surface area (Å²) < 4.78 is 97.7. The highest BCUT2D eigenvalue weighted by atomic mass is 32.2. The molecule has 224 valence electrons. The van der Waals surface area contributed by atoms with Gasteiger partial charge in [0.05, 0.1) is 28.4 Å². The second-order valence-corrected chi connectivity index (χ2v) is 12.6. The SMILES string of the molecule is CC(C)(C)OC(=O)N[C@H]1CS(=O)(=O)c2cc(F)c(C(=O)CCCCC(F)(F)F)cc2N(Cc2ccc(F)cc2)C1=O. The molecule has 0 spiro atoms. The molecule has 2 aromatic carbocycles. The standard InChI is InChI=1S/C27H29F5N2O6S/c1-26(2,3)40-25(37)33-20-15-41(38,39)23-13-19(29)18(22(35)6-4-5-11-27(30,31)32)12-21(23)34(24(20)36)14-16-7-9-17(28)10-8-16/h7-10,12-13,20H,4-6,11,14-15H2,1-3H3,(H,33,37)/t20-/m0/s1. The number of ketones is 1. The Morgan fingerprint density at radius 1 is 1.05 bits per heavy atom. The molecule has 14 heteroatoms. The van der Waals surface area contributed by atoms with Crippen LogP contribution < -0.4 is 10.2 Å². The van der Waals surface area contributed by atoms with E-state index in [1.807, 2.05) is 0 Å². The van der Waals surface area contributed by atoms with Crippen LogP contribution in [0.15, 0.2) is 41.3 Å². The third-order valence-corrected chi connectivity index (χ3v) is 7.75. The second-order valence-electron chi connectivity index (χ2n) is 10.6. The van der Waals surface area contributed by atoms with Gasteiger partial charge in [0.15, 0.2) is 15.6 Å². The molecule has 0 saturated heterocycles. The highest BCUT2D eigenvalue weighted by Crippen LogP contribution is 2.35. The molecule has 2 aromatic rings. The van der Waals surface area contributed by atoms with E-state index < -0.39 is 86.1 Å². The average Bonchev–Trinajstić information content (AvgIpc) is 2.89. The summed E-state index contributed by atoms with van der Waals surface area (Å²) in [6, 6.07) is 4.63. The molecule has 1 atom stereocenters. The molecule has 0 aliphatic carbocycles. The maximum absolute atomic E-state index is 15.1. The van der Waals surface area contributed by atoms with Crippen LogP contribution in [-0.2, 0) is 25.9 Å². The van der Waals surface area contributed by atoms with Crippen molar-refractivity contribution in [3.05, 3.63) is 59.2 Å². The molecule has 0 bridgehead atoms. The number of hydrogen-bond acceptors (Lipinski definition) is 6. The molecular weight excluding hydrogens is 575 g/mol. The lowest BCUT2D eigenvalue weighted by atomic mass is 10.0. The van der Waals surface area contributed by atoms with Crippen molar-refractivity contribution in [2.75, 3.05) is 10.7 Å². The van der Waals surface area contributed by atoms with Crippen molar-refractivity contribution in [2.45, 2.75) is 75.7 Å². The second kappa shape index (κ2) is 12.1. The van der Waals surface area contributed by atoms with Crippen molar-refractivity contribution < 1.29 is 49.5 Å². The summed E-state index contributed by atoms with van der Waals surface area (Å²) in [6.45, 7) is 4.32. The molecular formula is C27H29F5N2O6S. The van der Waals surface area contributed by atoms with E-state index in [-0.39, 0.29) is 25.1 Å². The third-order valence-electron chi connectivity index (χ3n) is 5.98. The van der Waals surface area contributed by atoms with E-state index in [1.165, 1.54) is 12.1 Å². The van der Waals surface area contributed by atoms with Crippen molar-refractivity contribution in [1.82, 2.24) is 5.32 Å². The van der Waals surface area contributed by atoms with Crippen LogP contribution in [0.4, 0.5) is 32.4 Å². The van der Waals surface area contributed by atoms with Gasteiger partial charge in [-0.3, -0.25) is 9.59 Å². The number of nitrogens with zero attached hydrogens (tertiary/aromatic N) is 1. The predicted molar refractivity (Wildman–Crippen MR) is 138 cm³/mol. The van der Waals surface area contributed by atoms with Gasteiger partial charge in [0, 0.05) is 12.8 Å². The number of alkyl carbamates (subject to hydrolysis) is 1. The van der Waals surface area contributed by atoms with Crippen LogP contribution in [-0.4, -0.2) is 49.8 Å². The smallest absolute Gasteiger partial charge is 0.408 e. The number of anilines is 1. The number of benzene rings is 2. The number of carbonyl (C=O) groups is 3. The maximum atomic E-state index is 15.1. The zero-order chi connectivity index (χ0) is 30.8. The van der Waals surface area contributed by atoms with E-state index >= 15 is 4.39 Å². The Hall–Kier alpha value is -3.55. The number of sulfone groups is 1. The Kier molecular flexibility index (Phi) is 9.46.